The maximum absolute atomic E-state index is 12.2. The first-order valence-corrected chi connectivity index (χ1v) is 7.97. The topological polar surface area (TPSA) is 112 Å². The summed E-state index contributed by atoms with van der Waals surface area (Å²) in [4.78, 5) is 27.8. The number of aliphatic carboxylic acids is 1. The molecule has 134 valence electrons. The molecule has 0 aliphatic rings. The highest BCUT2D eigenvalue weighted by atomic mass is 16.5. The minimum Gasteiger partial charge on any atom is -0.496 e. The molecule has 26 heavy (non-hydrogen) atoms. The van der Waals surface area contributed by atoms with E-state index >= 15 is 0 Å². The van der Waals surface area contributed by atoms with Gasteiger partial charge in [-0.25, -0.2) is 4.98 Å². The van der Waals surface area contributed by atoms with Gasteiger partial charge in [0.15, 0.2) is 0 Å². The maximum atomic E-state index is 12.2. The lowest BCUT2D eigenvalue weighted by atomic mass is 9.98. The van der Waals surface area contributed by atoms with E-state index in [0.717, 1.165) is 5.56 Å². The third kappa shape index (κ3) is 4.57. The number of nitriles is 1. The van der Waals surface area contributed by atoms with Gasteiger partial charge in [-0.2, -0.15) is 5.26 Å². The number of pyridine rings is 1. The van der Waals surface area contributed by atoms with Gasteiger partial charge in [0, 0.05) is 6.54 Å². The Morgan fingerprint density at radius 3 is 2.65 bits per heavy atom. The largest absolute Gasteiger partial charge is 0.496 e. The number of rotatable bonds is 7. The number of ether oxygens (including phenoxy) is 1. The average Bonchev–Trinajstić information content (AvgIpc) is 2.64. The Balaban J connectivity index is 2.06. The summed E-state index contributed by atoms with van der Waals surface area (Å²) in [6.07, 6.45) is 0.222. The molecule has 1 aromatic carbocycles. The van der Waals surface area contributed by atoms with E-state index in [1.54, 1.807) is 31.2 Å². The number of carboxylic acids is 1. The van der Waals surface area contributed by atoms with Gasteiger partial charge in [0.1, 0.15) is 17.5 Å². The summed E-state index contributed by atoms with van der Waals surface area (Å²) in [5.74, 6) is -1.70. The fourth-order valence-corrected chi connectivity index (χ4v) is 2.50. The first kappa shape index (κ1) is 18.9. The number of hydrogen-bond donors (Lipinski definition) is 2. The van der Waals surface area contributed by atoms with Crippen molar-refractivity contribution in [1.82, 2.24) is 10.3 Å². The summed E-state index contributed by atoms with van der Waals surface area (Å²) < 4.78 is 5.24. The molecule has 0 fully saturated rings. The minimum absolute atomic E-state index is 0.0487. The molecule has 1 aromatic heterocycles. The van der Waals surface area contributed by atoms with Gasteiger partial charge < -0.3 is 15.2 Å². The van der Waals surface area contributed by atoms with Gasteiger partial charge in [0.25, 0.3) is 5.91 Å². The van der Waals surface area contributed by atoms with Gasteiger partial charge in [-0.1, -0.05) is 18.2 Å². The van der Waals surface area contributed by atoms with Crippen LogP contribution in [0.5, 0.6) is 5.75 Å². The number of hydrogen-bond acceptors (Lipinski definition) is 5. The molecule has 7 nitrogen and oxygen atoms in total. The summed E-state index contributed by atoms with van der Waals surface area (Å²) in [6.45, 7) is 1.59. The number of amides is 1. The number of carbonyl (C=O) groups is 2. The van der Waals surface area contributed by atoms with Crippen LogP contribution in [0.25, 0.3) is 0 Å². The van der Waals surface area contributed by atoms with Crippen LogP contribution >= 0.6 is 0 Å². The summed E-state index contributed by atoms with van der Waals surface area (Å²) in [6, 6.07) is 12.1. The number of benzene rings is 1. The van der Waals surface area contributed by atoms with E-state index in [1.807, 2.05) is 6.07 Å². The zero-order chi connectivity index (χ0) is 19.1. The van der Waals surface area contributed by atoms with Crippen molar-refractivity contribution in [2.24, 2.45) is 5.92 Å². The Bertz CT molecular complexity index is 858. The number of para-hydroxylation sites is 1. The van der Waals surface area contributed by atoms with Crippen LogP contribution in [-0.2, 0) is 11.2 Å². The zero-order valence-corrected chi connectivity index (χ0v) is 14.5. The number of carbonyl (C=O) groups excluding carboxylic acids is 1. The number of aromatic nitrogens is 1. The predicted octanol–water partition coefficient (Wildman–Crippen LogP) is 1.94. The molecule has 0 radical (unpaired) electrons. The van der Waals surface area contributed by atoms with Crippen LogP contribution in [0.4, 0.5) is 0 Å². The fraction of sp³-hybridized carbons (Fsp3) is 0.263. The zero-order valence-electron chi connectivity index (χ0n) is 14.5. The normalized spacial score (nSPS) is 11.3. The van der Waals surface area contributed by atoms with Crippen LogP contribution in [0.3, 0.4) is 0 Å². The lowest BCUT2D eigenvalue weighted by Gasteiger charge is -2.15. The first-order valence-electron chi connectivity index (χ1n) is 7.97. The molecule has 1 unspecified atom stereocenters. The summed E-state index contributed by atoms with van der Waals surface area (Å²) in [7, 11) is 1.52. The van der Waals surface area contributed by atoms with Crippen molar-refractivity contribution in [3.63, 3.8) is 0 Å². The van der Waals surface area contributed by atoms with Crippen LogP contribution < -0.4 is 10.1 Å². The van der Waals surface area contributed by atoms with Crippen LogP contribution in [-0.4, -0.2) is 35.6 Å². The van der Waals surface area contributed by atoms with Crippen molar-refractivity contribution in [2.45, 2.75) is 13.3 Å². The molecule has 2 rings (SSSR count). The smallest absolute Gasteiger partial charge is 0.308 e. The van der Waals surface area contributed by atoms with Crippen molar-refractivity contribution in [1.29, 1.82) is 5.26 Å². The number of aryl methyl sites for hydroxylation is 1. The SMILES string of the molecule is COc1ccccc1CC(CNC(=O)c1ccc(C#N)c(C)n1)C(=O)O. The molecule has 0 aliphatic carbocycles. The van der Waals surface area contributed by atoms with Crippen LogP contribution in [0.15, 0.2) is 36.4 Å². The highest BCUT2D eigenvalue weighted by Gasteiger charge is 2.21. The lowest BCUT2D eigenvalue weighted by molar-refractivity contribution is -0.141. The van der Waals surface area contributed by atoms with Crippen LogP contribution in [0.1, 0.15) is 27.3 Å². The Labute approximate surface area is 151 Å². The molecule has 0 aliphatic heterocycles. The summed E-state index contributed by atoms with van der Waals surface area (Å²) in [5.41, 5.74) is 1.73. The minimum atomic E-state index is -1.01. The van der Waals surface area contributed by atoms with Crippen molar-refractivity contribution >= 4 is 11.9 Å². The number of nitrogens with one attached hydrogen (secondary N) is 1. The van der Waals surface area contributed by atoms with E-state index < -0.39 is 17.8 Å². The predicted molar refractivity (Wildman–Crippen MR) is 93.8 cm³/mol. The van der Waals surface area contributed by atoms with Gasteiger partial charge >= 0.3 is 5.97 Å². The van der Waals surface area contributed by atoms with E-state index in [1.165, 1.54) is 19.2 Å². The third-order valence-corrected chi connectivity index (χ3v) is 3.96. The number of carboxylic acid groups (broad SMARTS) is 1. The molecule has 2 aromatic rings. The van der Waals surface area contributed by atoms with Gasteiger partial charge in [0.2, 0.25) is 0 Å². The molecular weight excluding hydrogens is 334 g/mol. The standard InChI is InChI=1S/C19H19N3O4/c1-12-14(10-20)7-8-16(22-12)18(23)21-11-15(19(24)25)9-13-5-3-4-6-17(13)26-2/h3-8,15H,9,11H2,1-2H3,(H,21,23)(H,24,25). The number of nitrogens with zero attached hydrogens (tertiary/aromatic N) is 2. The van der Waals surface area contributed by atoms with Gasteiger partial charge in [0.05, 0.1) is 24.3 Å². The Kier molecular flexibility index (Phi) is 6.28. The third-order valence-electron chi connectivity index (χ3n) is 3.96. The second-order valence-corrected chi connectivity index (χ2v) is 5.70. The quantitative estimate of drug-likeness (QED) is 0.787. The van der Waals surface area contributed by atoms with Crippen LogP contribution in [0.2, 0.25) is 0 Å². The van der Waals surface area contributed by atoms with Crippen LogP contribution in [0, 0.1) is 24.2 Å². The van der Waals surface area contributed by atoms with E-state index in [4.69, 9.17) is 10.00 Å². The molecule has 1 atom stereocenters. The molecule has 0 saturated carbocycles. The van der Waals surface area contributed by atoms with Crippen molar-refractivity contribution in [3.05, 3.63) is 58.9 Å². The van der Waals surface area contributed by atoms with Gasteiger partial charge in [-0.3, -0.25) is 9.59 Å². The molecule has 2 N–H and O–H groups in total. The number of methoxy groups -OCH3 is 1. The second kappa shape index (κ2) is 8.62. The van der Waals surface area contributed by atoms with Crippen molar-refractivity contribution < 1.29 is 19.4 Å². The van der Waals surface area contributed by atoms with Crippen molar-refractivity contribution in [2.75, 3.05) is 13.7 Å². The van der Waals surface area contributed by atoms with E-state index in [2.05, 4.69) is 10.3 Å². The van der Waals surface area contributed by atoms with Gasteiger partial charge in [-0.05, 0) is 37.1 Å². The maximum Gasteiger partial charge on any atom is 0.308 e. The van der Waals surface area contributed by atoms with Crippen molar-refractivity contribution in [3.8, 4) is 11.8 Å². The molecule has 0 spiro atoms. The summed E-state index contributed by atoms with van der Waals surface area (Å²) in [5, 5.41) is 20.9. The summed E-state index contributed by atoms with van der Waals surface area (Å²) >= 11 is 0. The Morgan fingerprint density at radius 1 is 1.31 bits per heavy atom. The monoisotopic (exact) mass is 353 g/mol. The highest BCUT2D eigenvalue weighted by Crippen LogP contribution is 2.21. The molecule has 7 heteroatoms. The second-order valence-electron chi connectivity index (χ2n) is 5.70. The van der Waals surface area contributed by atoms with E-state index in [-0.39, 0.29) is 18.7 Å². The molecule has 0 bridgehead atoms. The lowest BCUT2D eigenvalue weighted by Crippen LogP contribution is -2.34. The van der Waals surface area contributed by atoms with Gasteiger partial charge in [-0.15, -0.1) is 0 Å². The average molecular weight is 353 g/mol. The molecule has 1 amide bonds. The Morgan fingerprint density at radius 2 is 2.04 bits per heavy atom. The molecule has 1 heterocycles. The Hall–Kier alpha value is -3.40. The van der Waals surface area contributed by atoms with E-state index in [9.17, 15) is 14.7 Å². The fourth-order valence-electron chi connectivity index (χ4n) is 2.50. The highest BCUT2D eigenvalue weighted by molar-refractivity contribution is 5.92. The molecular formula is C19H19N3O4. The molecule has 0 saturated heterocycles. The van der Waals surface area contributed by atoms with E-state index in [0.29, 0.717) is 17.0 Å². The first-order chi connectivity index (χ1) is 12.5.